The topological polar surface area (TPSA) is 41.1 Å². The van der Waals surface area contributed by atoms with Gasteiger partial charge in [0.2, 0.25) is 5.91 Å². The van der Waals surface area contributed by atoms with Crippen molar-refractivity contribution in [2.45, 2.75) is 25.8 Å². The lowest BCUT2D eigenvalue weighted by Gasteiger charge is -2.25. The summed E-state index contributed by atoms with van der Waals surface area (Å²) in [5.41, 5.74) is 3.46. The molecule has 0 aromatic heterocycles. The van der Waals surface area contributed by atoms with Crippen LogP contribution in [-0.2, 0) is 11.2 Å². The second-order valence-electron chi connectivity index (χ2n) is 3.87. The summed E-state index contributed by atoms with van der Waals surface area (Å²) in [6, 6.07) is 6.39. The van der Waals surface area contributed by atoms with Crippen LogP contribution in [0.25, 0.3) is 0 Å². The molecule has 1 aromatic carbocycles. The molecule has 0 saturated carbocycles. The zero-order chi connectivity index (χ0) is 10.8. The fraction of sp³-hybridized carbons (Fsp3) is 0.417. The number of carbonyl (C=O) groups excluding carboxylic acids is 1. The molecule has 0 radical (unpaired) electrons. The van der Waals surface area contributed by atoms with Crippen molar-refractivity contribution in [3.8, 4) is 0 Å². The Hall–Kier alpha value is -1.35. The van der Waals surface area contributed by atoms with Crippen LogP contribution in [0.2, 0.25) is 0 Å². The van der Waals surface area contributed by atoms with Gasteiger partial charge in [0, 0.05) is 18.2 Å². The number of benzene rings is 1. The molecule has 0 spiro atoms. The van der Waals surface area contributed by atoms with Gasteiger partial charge in [-0.3, -0.25) is 4.79 Å². The highest BCUT2D eigenvalue weighted by molar-refractivity contribution is 5.94. The van der Waals surface area contributed by atoms with E-state index in [1.54, 1.807) is 0 Å². The Morgan fingerprint density at radius 1 is 1.53 bits per heavy atom. The van der Waals surface area contributed by atoms with Gasteiger partial charge in [-0.1, -0.05) is 19.1 Å². The maximum atomic E-state index is 11.4. The van der Waals surface area contributed by atoms with Gasteiger partial charge in [0.05, 0.1) is 0 Å². The minimum Gasteiger partial charge on any atom is -0.326 e. The van der Waals surface area contributed by atoms with Crippen LogP contribution in [0.1, 0.15) is 30.5 Å². The van der Waals surface area contributed by atoms with Gasteiger partial charge in [-0.05, 0) is 30.7 Å². The first kappa shape index (κ1) is 10.2. The van der Waals surface area contributed by atoms with E-state index in [0.29, 0.717) is 6.42 Å². The molecule has 2 N–H and O–H groups in total. The molecule has 1 amide bonds. The van der Waals surface area contributed by atoms with Crippen molar-refractivity contribution in [2.75, 3.05) is 12.4 Å². The van der Waals surface area contributed by atoms with Gasteiger partial charge in [0.15, 0.2) is 0 Å². The van der Waals surface area contributed by atoms with Crippen LogP contribution in [-0.4, -0.2) is 13.0 Å². The second-order valence-corrected chi connectivity index (χ2v) is 3.87. The van der Waals surface area contributed by atoms with Crippen molar-refractivity contribution in [2.24, 2.45) is 0 Å². The maximum absolute atomic E-state index is 11.4. The highest BCUT2D eigenvalue weighted by Gasteiger charge is 2.23. The fourth-order valence-corrected chi connectivity index (χ4v) is 1.99. The molecule has 15 heavy (non-hydrogen) atoms. The van der Waals surface area contributed by atoms with Gasteiger partial charge in [-0.2, -0.15) is 0 Å². The van der Waals surface area contributed by atoms with E-state index < -0.39 is 0 Å². The number of hydrogen-bond donors (Lipinski definition) is 2. The highest BCUT2D eigenvalue weighted by Crippen LogP contribution is 2.30. The smallest absolute Gasteiger partial charge is 0.226 e. The Kier molecular flexibility index (Phi) is 2.73. The number of fused-ring (bicyclic) bond motifs is 1. The molecule has 0 aliphatic carbocycles. The number of nitrogens with one attached hydrogen (secondary N) is 2. The molecular weight excluding hydrogens is 188 g/mol. The van der Waals surface area contributed by atoms with Gasteiger partial charge < -0.3 is 10.6 Å². The van der Waals surface area contributed by atoms with Crippen molar-refractivity contribution >= 4 is 11.6 Å². The molecule has 1 atom stereocenters. The van der Waals surface area contributed by atoms with E-state index >= 15 is 0 Å². The zero-order valence-corrected chi connectivity index (χ0v) is 9.13. The summed E-state index contributed by atoms with van der Waals surface area (Å²) < 4.78 is 0. The highest BCUT2D eigenvalue weighted by atomic mass is 16.1. The number of amides is 1. The molecule has 1 unspecified atom stereocenters. The van der Waals surface area contributed by atoms with Crippen LogP contribution in [0.5, 0.6) is 0 Å². The number of hydrogen-bond acceptors (Lipinski definition) is 2. The van der Waals surface area contributed by atoms with Gasteiger partial charge >= 0.3 is 0 Å². The molecule has 1 aromatic rings. The molecule has 0 bridgehead atoms. The number of rotatable bonds is 2. The minimum atomic E-state index is 0.0890. The summed E-state index contributed by atoms with van der Waals surface area (Å²) >= 11 is 0. The first-order valence-electron chi connectivity index (χ1n) is 5.34. The molecule has 1 heterocycles. The monoisotopic (exact) mass is 204 g/mol. The molecule has 1 aliphatic heterocycles. The predicted molar refractivity (Wildman–Crippen MR) is 60.9 cm³/mol. The summed E-state index contributed by atoms with van der Waals surface area (Å²) in [6.07, 6.45) is 1.55. The zero-order valence-electron chi connectivity index (χ0n) is 9.13. The Labute approximate surface area is 89.9 Å². The summed E-state index contributed by atoms with van der Waals surface area (Å²) in [4.78, 5) is 11.4. The molecule has 1 aliphatic rings. The molecule has 3 heteroatoms. The van der Waals surface area contributed by atoms with Crippen LogP contribution < -0.4 is 10.6 Å². The van der Waals surface area contributed by atoms with E-state index in [0.717, 1.165) is 12.1 Å². The molecule has 0 fully saturated rings. The molecule has 0 saturated heterocycles. The lowest BCUT2D eigenvalue weighted by molar-refractivity contribution is -0.117. The van der Waals surface area contributed by atoms with Gasteiger partial charge in [0.25, 0.3) is 0 Å². The van der Waals surface area contributed by atoms with Gasteiger partial charge in [-0.15, -0.1) is 0 Å². The summed E-state index contributed by atoms with van der Waals surface area (Å²) in [5.74, 6) is 0.0890. The van der Waals surface area contributed by atoms with Crippen LogP contribution >= 0.6 is 0 Å². The minimum absolute atomic E-state index is 0.0890. The first-order chi connectivity index (χ1) is 7.24. The SMILES string of the molecule is CCc1ccc2c(c1)C(NC)CC(=O)N2. The summed E-state index contributed by atoms with van der Waals surface area (Å²) in [6.45, 7) is 2.14. The van der Waals surface area contributed by atoms with Gasteiger partial charge in [0.1, 0.15) is 0 Å². The molecule has 80 valence electrons. The van der Waals surface area contributed by atoms with Gasteiger partial charge in [-0.25, -0.2) is 0 Å². The van der Waals surface area contributed by atoms with E-state index in [1.807, 2.05) is 13.1 Å². The lowest BCUT2D eigenvalue weighted by atomic mass is 9.95. The molecule has 3 nitrogen and oxygen atoms in total. The number of anilines is 1. The first-order valence-corrected chi connectivity index (χ1v) is 5.34. The Bertz CT molecular complexity index is 387. The Morgan fingerprint density at radius 2 is 2.33 bits per heavy atom. The van der Waals surface area contributed by atoms with E-state index in [1.165, 1.54) is 11.1 Å². The summed E-state index contributed by atoms with van der Waals surface area (Å²) in [7, 11) is 1.89. The molecule has 2 rings (SSSR count). The Balaban J connectivity index is 2.42. The van der Waals surface area contributed by atoms with Crippen molar-refractivity contribution in [1.29, 1.82) is 0 Å². The van der Waals surface area contributed by atoms with Crippen molar-refractivity contribution < 1.29 is 4.79 Å². The average molecular weight is 204 g/mol. The van der Waals surface area contributed by atoms with E-state index in [2.05, 4.69) is 29.7 Å². The summed E-state index contributed by atoms with van der Waals surface area (Å²) in [5, 5.41) is 6.08. The van der Waals surface area contributed by atoms with Crippen molar-refractivity contribution in [1.82, 2.24) is 5.32 Å². The quantitative estimate of drug-likeness (QED) is 0.772. The van der Waals surface area contributed by atoms with Crippen LogP contribution in [0.3, 0.4) is 0 Å². The van der Waals surface area contributed by atoms with E-state index in [-0.39, 0.29) is 11.9 Å². The van der Waals surface area contributed by atoms with E-state index in [4.69, 9.17) is 0 Å². The van der Waals surface area contributed by atoms with Crippen LogP contribution in [0, 0.1) is 0 Å². The van der Waals surface area contributed by atoms with Crippen molar-refractivity contribution in [3.63, 3.8) is 0 Å². The average Bonchev–Trinajstić information content (AvgIpc) is 2.27. The maximum Gasteiger partial charge on any atom is 0.226 e. The largest absolute Gasteiger partial charge is 0.326 e. The Morgan fingerprint density at radius 3 is 3.00 bits per heavy atom. The molecular formula is C12H16N2O. The third-order valence-electron chi connectivity index (χ3n) is 2.91. The number of aryl methyl sites for hydroxylation is 1. The third-order valence-corrected chi connectivity index (χ3v) is 2.91. The van der Waals surface area contributed by atoms with Crippen molar-refractivity contribution in [3.05, 3.63) is 29.3 Å². The van der Waals surface area contributed by atoms with Crippen LogP contribution in [0.4, 0.5) is 5.69 Å². The van der Waals surface area contributed by atoms with Crippen LogP contribution in [0.15, 0.2) is 18.2 Å². The second kappa shape index (κ2) is 4.03. The van der Waals surface area contributed by atoms with E-state index in [9.17, 15) is 4.79 Å². The third kappa shape index (κ3) is 1.88. The lowest BCUT2D eigenvalue weighted by Crippen LogP contribution is -2.29. The fourth-order valence-electron chi connectivity index (χ4n) is 1.99. The number of carbonyl (C=O) groups is 1. The normalized spacial score (nSPS) is 19.6. The predicted octanol–water partition coefficient (Wildman–Crippen LogP) is 1.85. The standard InChI is InChI=1S/C12H16N2O/c1-3-8-4-5-10-9(6-8)11(13-2)7-12(15)14-10/h4-6,11,13H,3,7H2,1-2H3,(H,14,15).